The highest BCUT2D eigenvalue weighted by atomic mass is 35.5. The number of methoxy groups -OCH3 is 1. The summed E-state index contributed by atoms with van der Waals surface area (Å²) in [5.74, 6) is 0.409. The Morgan fingerprint density at radius 3 is 2.96 bits per heavy atom. The summed E-state index contributed by atoms with van der Waals surface area (Å²) in [4.78, 5) is 19.0. The maximum absolute atomic E-state index is 12.6. The van der Waals surface area contributed by atoms with E-state index in [9.17, 15) is 4.79 Å². The van der Waals surface area contributed by atoms with E-state index in [-0.39, 0.29) is 5.91 Å². The molecule has 0 saturated carbocycles. The summed E-state index contributed by atoms with van der Waals surface area (Å²) < 4.78 is 5.11. The third-order valence-electron chi connectivity index (χ3n) is 3.98. The lowest BCUT2D eigenvalue weighted by Crippen LogP contribution is -2.29. The van der Waals surface area contributed by atoms with Crippen LogP contribution in [0, 0.1) is 0 Å². The van der Waals surface area contributed by atoms with Gasteiger partial charge < -0.3 is 15.0 Å². The number of amides is 1. The average Bonchev–Trinajstić information content (AvgIpc) is 2.54. The number of nitrogens with zero attached hydrogens (tertiary/aromatic N) is 2. The van der Waals surface area contributed by atoms with Crippen LogP contribution in [0.1, 0.15) is 21.5 Å². The number of anilines is 1. The van der Waals surface area contributed by atoms with Crippen LogP contribution in [0.5, 0.6) is 5.75 Å². The van der Waals surface area contributed by atoms with Crippen LogP contribution in [-0.2, 0) is 13.0 Å². The third-order valence-corrected chi connectivity index (χ3v) is 4.28. The highest BCUT2D eigenvalue weighted by Gasteiger charge is 2.20. The molecule has 5 nitrogen and oxygen atoms in total. The lowest BCUT2D eigenvalue weighted by atomic mass is 9.97. The number of benzene rings is 1. The number of fused-ring (bicyclic) bond motifs is 1. The molecule has 0 atom stereocenters. The second kappa shape index (κ2) is 6.56. The zero-order chi connectivity index (χ0) is 16.4. The normalized spacial score (nSPS) is 14.2. The molecule has 120 valence electrons. The number of ether oxygens (including phenoxy) is 1. The van der Waals surface area contributed by atoms with E-state index in [2.05, 4.69) is 22.2 Å². The van der Waals surface area contributed by atoms with Gasteiger partial charge in [-0.15, -0.1) is 0 Å². The first-order chi connectivity index (χ1) is 11.1. The van der Waals surface area contributed by atoms with E-state index in [1.54, 1.807) is 31.5 Å². The number of hydrogen-bond donors (Lipinski definition) is 1. The van der Waals surface area contributed by atoms with Gasteiger partial charge in [0.05, 0.1) is 17.7 Å². The van der Waals surface area contributed by atoms with Crippen LogP contribution < -0.4 is 10.1 Å². The molecule has 3 rings (SSSR count). The first kappa shape index (κ1) is 15.8. The highest BCUT2D eigenvalue weighted by molar-refractivity contribution is 6.32. The maximum Gasteiger partial charge on any atom is 0.257 e. The van der Waals surface area contributed by atoms with Gasteiger partial charge in [-0.1, -0.05) is 11.6 Å². The molecule has 1 aromatic carbocycles. The largest absolute Gasteiger partial charge is 0.495 e. The molecule has 1 aromatic heterocycles. The minimum absolute atomic E-state index is 0.167. The number of hydrogen-bond acceptors (Lipinski definition) is 4. The molecule has 1 aliphatic heterocycles. The molecule has 2 heterocycles. The fourth-order valence-corrected chi connectivity index (χ4v) is 3.03. The van der Waals surface area contributed by atoms with Gasteiger partial charge in [0.1, 0.15) is 5.75 Å². The van der Waals surface area contributed by atoms with Crippen molar-refractivity contribution >= 4 is 23.2 Å². The molecule has 23 heavy (non-hydrogen) atoms. The Kier molecular flexibility index (Phi) is 4.50. The van der Waals surface area contributed by atoms with E-state index >= 15 is 0 Å². The number of carbonyl (C=O) groups is 1. The number of carbonyl (C=O) groups excluding carboxylic acids is 1. The zero-order valence-electron chi connectivity index (χ0n) is 13.1. The van der Waals surface area contributed by atoms with Gasteiger partial charge in [0.15, 0.2) is 0 Å². The monoisotopic (exact) mass is 331 g/mol. The van der Waals surface area contributed by atoms with Crippen molar-refractivity contribution in [2.45, 2.75) is 13.0 Å². The molecule has 0 unspecified atom stereocenters. The summed E-state index contributed by atoms with van der Waals surface area (Å²) in [6, 6.07) is 5.17. The van der Waals surface area contributed by atoms with E-state index in [1.165, 1.54) is 0 Å². The van der Waals surface area contributed by atoms with Gasteiger partial charge in [-0.2, -0.15) is 0 Å². The molecule has 1 amide bonds. The van der Waals surface area contributed by atoms with Crippen LogP contribution >= 0.6 is 11.6 Å². The number of aromatic nitrogens is 1. The molecular formula is C17H18ClN3O2. The van der Waals surface area contributed by atoms with E-state index in [0.29, 0.717) is 22.0 Å². The first-order valence-electron chi connectivity index (χ1n) is 7.37. The van der Waals surface area contributed by atoms with E-state index in [4.69, 9.17) is 16.3 Å². The van der Waals surface area contributed by atoms with Gasteiger partial charge in [0.2, 0.25) is 0 Å². The molecular weight excluding hydrogens is 314 g/mol. The molecule has 1 aliphatic rings. The average molecular weight is 332 g/mol. The molecule has 0 saturated heterocycles. The Hall–Kier alpha value is -2.11. The van der Waals surface area contributed by atoms with Crippen LogP contribution in [-0.4, -0.2) is 36.5 Å². The molecule has 6 heteroatoms. The number of likely N-dealkylation sites (N-methyl/N-ethyl adjacent to an activating group) is 1. The standard InChI is InChI=1S/C17H18ClN3O2/c1-21-6-5-13-11(10-21)8-19-9-14(13)17(22)20-12-3-4-16(23-2)15(18)7-12/h3-4,7-9H,5-6,10H2,1-2H3,(H,20,22). The van der Waals surface area contributed by atoms with Crippen molar-refractivity contribution in [1.82, 2.24) is 9.88 Å². The van der Waals surface area contributed by atoms with Crippen molar-refractivity contribution < 1.29 is 9.53 Å². The van der Waals surface area contributed by atoms with Gasteiger partial charge >= 0.3 is 0 Å². The Labute approximate surface area is 140 Å². The molecule has 0 spiro atoms. The number of nitrogens with one attached hydrogen (secondary N) is 1. The Morgan fingerprint density at radius 2 is 2.22 bits per heavy atom. The van der Waals surface area contributed by atoms with Crippen molar-refractivity contribution in [3.63, 3.8) is 0 Å². The van der Waals surface area contributed by atoms with Crippen LogP contribution in [0.15, 0.2) is 30.6 Å². The van der Waals surface area contributed by atoms with Crippen molar-refractivity contribution in [2.75, 3.05) is 26.0 Å². The van der Waals surface area contributed by atoms with E-state index in [0.717, 1.165) is 30.6 Å². The smallest absolute Gasteiger partial charge is 0.257 e. The molecule has 0 fully saturated rings. The highest BCUT2D eigenvalue weighted by Crippen LogP contribution is 2.28. The van der Waals surface area contributed by atoms with Crippen molar-refractivity contribution in [2.24, 2.45) is 0 Å². The topological polar surface area (TPSA) is 54.5 Å². The second-order valence-electron chi connectivity index (χ2n) is 5.62. The van der Waals surface area contributed by atoms with Gasteiger partial charge in [0, 0.05) is 31.2 Å². The zero-order valence-corrected chi connectivity index (χ0v) is 13.9. The summed E-state index contributed by atoms with van der Waals surface area (Å²) in [5.41, 5.74) is 3.45. The molecule has 1 N–H and O–H groups in total. The minimum Gasteiger partial charge on any atom is -0.495 e. The van der Waals surface area contributed by atoms with Crippen molar-refractivity contribution in [3.8, 4) is 5.75 Å². The lowest BCUT2D eigenvalue weighted by molar-refractivity contribution is 0.102. The summed E-state index contributed by atoms with van der Waals surface area (Å²) in [7, 11) is 3.62. The molecule has 0 aliphatic carbocycles. The lowest BCUT2D eigenvalue weighted by Gasteiger charge is -2.26. The van der Waals surface area contributed by atoms with Crippen molar-refractivity contribution in [3.05, 3.63) is 52.3 Å². The third kappa shape index (κ3) is 3.30. The summed E-state index contributed by atoms with van der Waals surface area (Å²) >= 11 is 6.10. The SMILES string of the molecule is COc1ccc(NC(=O)c2cncc3c2CCN(C)C3)cc1Cl. The van der Waals surface area contributed by atoms with Gasteiger partial charge in [-0.05, 0) is 42.8 Å². The van der Waals surface area contributed by atoms with Gasteiger partial charge in [-0.3, -0.25) is 9.78 Å². The van der Waals surface area contributed by atoms with Crippen LogP contribution in [0.2, 0.25) is 5.02 Å². The second-order valence-corrected chi connectivity index (χ2v) is 6.02. The number of halogens is 1. The molecule has 0 bridgehead atoms. The fraction of sp³-hybridized carbons (Fsp3) is 0.294. The van der Waals surface area contributed by atoms with Crippen molar-refractivity contribution in [1.29, 1.82) is 0 Å². The quantitative estimate of drug-likeness (QED) is 0.939. The number of pyridine rings is 1. The Balaban J connectivity index is 1.84. The fourth-order valence-electron chi connectivity index (χ4n) is 2.77. The van der Waals surface area contributed by atoms with E-state index in [1.807, 2.05) is 6.20 Å². The maximum atomic E-state index is 12.6. The Morgan fingerprint density at radius 1 is 1.39 bits per heavy atom. The molecule has 2 aromatic rings. The molecule has 0 radical (unpaired) electrons. The summed E-state index contributed by atoms with van der Waals surface area (Å²) in [6.07, 6.45) is 4.32. The van der Waals surface area contributed by atoms with E-state index < -0.39 is 0 Å². The van der Waals surface area contributed by atoms with Gasteiger partial charge in [-0.25, -0.2) is 0 Å². The number of rotatable bonds is 3. The van der Waals surface area contributed by atoms with Crippen LogP contribution in [0.4, 0.5) is 5.69 Å². The predicted octanol–water partition coefficient (Wildman–Crippen LogP) is 2.98. The minimum atomic E-state index is -0.167. The predicted molar refractivity (Wildman–Crippen MR) is 90.2 cm³/mol. The Bertz CT molecular complexity index is 749. The van der Waals surface area contributed by atoms with Crippen LogP contribution in [0.3, 0.4) is 0 Å². The van der Waals surface area contributed by atoms with Crippen LogP contribution in [0.25, 0.3) is 0 Å². The summed E-state index contributed by atoms with van der Waals surface area (Å²) in [5, 5.41) is 3.34. The van der Waals surface area contributed by atoms with Gasteiger partial charge in [0.25, 0.3) is 5.91 Å². The summed E-state index contributed by atoms with van der Waals surface area (Å²) in [6.45, 7) is 1.75. The first-order valence-corrected chi connectivity index (χ1v) is 7.75.